The van der Waals surface area contributed by atoms with Gasteiger partial charge < -0.3 is 10.2 Å². The van der Waals surface area contributed by atoms with E-state index in [1.807, 2.05) is 6.92 Å². The first kappa shape index (κ1) is 76.3. The lowest BCUT2D eigenvalue weighted by Crippen LogP contribution is -2.19. The third-order valence-corrected chi connectivity index (χ3v) is 6.94. The van der Waals surface area contributed by atoms with Gasteiger partial charge in [-0.2, -0.15) is 11.8 Å². The van der Waals surface area contributed by atoms with E-state index in [2.05, 4.69) is 154 Å². The van der Waals surface area contributed by atoms with E-state index in [9.17, 15) is 0 Å². The van der Waals surface area contributed by atoms with Crippen molar-refractivity contribution in [3.8, 4) is 0 Å². The average molecular weight is 776 g/mol. The Hall–Kier alpha value is 0.560. The quantitative estimate of drug-likeness (QED) is 0.0979. The Balaban J connectivity index is -0.0000000480. The van der Waals surface area contributed by atoms with Crippen LogP contribution in [0.5, 0.6) is 0 Å². The van der Waals surface area contributed by atoms with Crippen molar-refractivity contribution in [1.29, 1.82) is 0 Å². The molecule has 0 saturated heterocycles. The number of nitrogens with one attached hydrogen (secondary N) is 1. The molecule has 1 atom stereocenters. The summed E-state index contributed by atoms with van der Waals surface area (Å²) in [7, 11) is 2.17. The molecular weight excluding hydrogens is 660 g/mol. The summed E-state index contributed by atoms with van der Waals surface area (Å²) in [5.41, 5.74) is 0.500. The summed E-state index contributed by atoms with van der Waals surface area (Å²) in [6, 6.07) is 0. The van der Waals surface area contributed by atoms with Crippen LogP contribution in [0.4, 0.5) is 0 Å². The molecule has 0 aromatic carbocycles. The number of hydrogen-bond acceptors (Lipinski definition) is 3. The van der Waals surface area contributed by atoms with E-state index in [1.165, 1.54) is 134 Å². The van der Waals surface area contributed by atoms with Crippen LogP contribution in [0.3, 0.4) is 0 Å². The van der Waals surface area contributed by atoms with Crippen molar-refractivity contribution >= 4 is 23.4 Å². The van der Waals surface area contributed by atoms with Gasteiger partial charge in [-0.25, -0.2) is 0 Å². The smallest absolute Gasteiger partial charge is 0.0307 e. The second-order valence-electron chi connectivity index (χ2n) is 15.2. The molecule has 0 aromatic rings. The molecule has 2 nitrogen and oxygen atoms in total. The zero-order valence-corrected chi connectivity index (χ0v) is 40.5. The van der Waals surface area contributed by atoms with E-state index >= 15 is 0 Å². The molecule has 0 bridgehead atoms. The maximum absolute atomic E-state index is 5.58. The monoisotopic (exact) mass is 775 g/mol. The Morgan fingerprint density at radius 2 is 0.882 bits per heavy atom. The number of alkyl halides is 1. The minimum Gasteiger partial charge on any atom is -0.317 e. The summed E-state index contributed by atoms with van der Waals surface area (Å²) < 4.78 is 0. The van der Waals surface area contributed by atoms with Gasteiger partial charge in [0.05, 0.1) is 0 Å². The molecule has 0 heterocycles. The normalized spacial score (nSPS) is 9.94. The van der Waals surface area contributed by atoms with Crippen LogP contribution in [-0.2, 0) is 0 Å². The third kappa shape index (κ3) is 198. The molecule has 0 saturated carbocycles. The summed E-state index contributed by atoms with van der Waals surface area (Å²) in [6.45, 7) is 46.4. The van der Waals surface area contributed by atoms with E-state index in [0.717, 1.165) is 12.3 Å². The Labute approximate surface area is 342 Å². The van der Waals surface area contributed by atoms with Crippen molar-refractivity contribution in [3.05, 3.63) is 0 Å². The summed E-state index contributed by atoms with van der Waals surface area (Å²) in [5, 5.41) is 3.66. The van der Waals surface area contributed by atoms with Gasteiger partial charge in [0.15, 0.2) is 0 Å². The van der Waals surface area contributed by atoms with E-state index in [0.29, 0.717) is 10.8 Å². The van der Waals surface area contributed by atoms with Crippen molar-refractivity contribution in [3.63, 3.8) is 0 Å². The van der Waals surface area contributed by atoms with Crippen LogP contribution in [0.2, 0.25) is 0 Å². The summed E-state index contributed by atoms with van der Waals surface area (Å²) in [6.07, 6.45) is 21.1. The minimum absolute atomic E-state index is 0. The van der Waals surface area contributed by atoms with Gasteiger partial charge in [0.1, 0.15) is 0 Å². The lowest BCUT2D eigenvalue weighted by molar-refractivity contribution is 0.335. The molecule has 0 aliphatic carbocycles. The van der Waals surface area contributed by atoms with Crippen LogP contribution in [0.1, 0.15) is 249 Å². The highest BCUT2D eigenvalue weighted by molar-refractivity contribution is 7.99. The summed E-state index contributed by atoms with van der Waals surface area (Å²) >= 11 is 7.63. The van der Waals surface area contributed by atoms with Crippen molar-refractivity contribution in [2.45, 2.75) is 255 Å². The zero-order chi connectivity index (χ0) is 40.2. The fourth-order valence-electron chi connectivity index (χ4n) is 3.30. The number of unbranched alkanes of at least 4 members (excludes halogenated alkanes) is 4. The van der Waals surface area contributed by atoms with Gasteiger partial charge in [0.25, 0.3) is 0 Å². The summed E-state index contributed by atoms with van der Waals surface area (Å²) in [5.74, 6) is 3.59. The molecule has 51 heavy (non-hydrogen) atoms. The lowest BCUT2D eigenvalue weighted by atomic mass is 10.0. The molecule has 0 radical (unpaired) electrons. The van der Waals surface area contributed by atoms with Crippen molar-refractivity contribution < 1.29 is 0 Å². The van der Waals surface area contributed by atoms with Crippen LogP contribution < -0.4 is 5.32 Å². The molecule has 1 unspecified atom stereocenters. The van der Waals surface area contributed by atoms with E-state index in [4.69, 9.17) is 11.6 Å². The predicted molar refractivity (Wildman–Crippen MR) is 258 cm³/mol. The molecule has 326 valence electrons. The van der Waals surface area contributed by atoms with Gasteiger partial charge >= 0.3 is 0 Å². The minimum atomic E-state index is 0. The first-order chi connectivity index (χ1) is 23.0. The molecular formula is C47H115ClN2S. The number of halogens is 1. The number of thioether (sulfide) groups is 1. The van der Waals surface area contributed by atoms with Crippen LogP contribution in [0.25, 0.3) is 0 Å². The standard InChI is InChI=1S/C10H22.C7H17N.C6H15N.C6H14S.C5H11Cl.C5H12.2C3H8.2CH4/c1-4-5-6-7-8-9-10(2)3;1-4-6-8(3)7-5-2;2*1-3-5-7-6-4-2;1-3-4-5(2)6;1-5(2,3)4;2*1-3-2;;/h10H,4-9H2,1-3H3;4-7H2,1-3H3;7H,3-6H2,1-2H3;3-6H2,1-2H3;5H,3-4H2,1-2H3;1-4H3;2*3H2,1-2H3;2*1H4. The highest BCUT2D eigenvalue weighted by Crippen LogP contribution is 2.10. The molecule has 0 rings (SSSR count). The van der Waals surface area contributed by atoms with Gasteiger partial charge in [0, 0.05) is 5.38 Å². The maximum Gasteiger partial charge on any atom is 0.0307 e. The number of rotatable bonds is 20. The first-order valence-corrected chi connectivity index (χ1v) is 23.2. The molecule has 0 fully saturated rings. The van der Waals surface area contributed by atoms with Crippen LogP contribution in [-0.4, -0.2) is 55.0 Å². The van der Waals surface area contributed by atoms with Crippen LogP contribution >= 0.6 is 23.4 Å². The highest BCUT2D eigenvalue weighted by Gasteiger charge is 1.95. The predicted octanol–water partition coefficient (Wildman–Crippen LogP) is 18.2. The van der Waals surface area contributed by atoms with Gasteiger partial charge in [-0.05, 0) is 108 Å². The fraction of sp³-hybridized carbons (Fsp3) is 1.00. The summed E-state index contributed by atoms with van der Waals surface area (Å²) in [4.78, 5) is 2.36. The van der Waals surface area contributed by atoms with Crippen LogP contribution in [0.15, 0.2) is 0 Å². The Bertz CT molecular complexity index is 393. The second-order valence-corrected chi connectivity index (χ2v) is 17.2. The van der Waals surface area contributed by atoms with Crippen LogP contribution in [0, 0.1) is 11.3 Å². The maximum atomic E-state index is 5.58. The lowest BCUT2D eigenvalue weighted by Gasteiger charge is -2.12. The van der Waals surface area contributed by atoms with E-state index < -0.39 is 0 Å². The Morgan fingerprint density at radius 3 is 1.10 bits per heavy atom. The van der Waals surface area contributed by atoms with Gasteiger partial charge in [-0.3, -0.25) is 0 Å². The SMILES string of the molecule is C.C.CC(C)(C)C.CCC.CCC.CCCC(C)Cl.CCCCCCCC(C)C.CCCN(C)CCC.CCCNCCC.CCCSCCC. The highest BCUT2D eigenvalue weighted by atomic mass is 35.5. The van der Waals surface area contributed by atoms with Gasteiger partial charge in [-0.15, -0.1) is 11.6 Å². The molecule has 0 aromatic heterocycles. The average Bonchev–Trinajstić information content (AvgIpc) is 2.99. The second kappa shape index (κ2) is 79.4. The third-order valence-electron chi connectivity index (χ3n) is 5.33. The van der Waals surface area contributed by atoms with E-state index in [1.54, 1.807) is 0 Å². The van der Waals surface area contributed by atoms with Gasteiger partial charge in [0.2, 0.25) is 0 Å². The fourth-order valence-corrected chi connectivity index (χ4v) is 4.30. The van der Waals surface area contributed by atoms with Crippen molar-refractivity contribution in [2.24, 2.45) is 11.3 Å². The largest absolute Gasteiger partial charge is 0.317 e. The van der Waals surface area contributed by atoms with Crippen molar-refractivity contribution in [1.82, 2.24) is 10.2 Å². The molecule has 0 spiro atoms. The molecule has 0 amide bonds. The topological polar surface area (TPSA) is 15.3 Å². The number of nitrogens with zero attached hydrogens (tertiary/aromatic N) is 1. The molecule has 0 aliphatic heterocycles. The Morgan fingerprint density at radius 1 is 0.529 bits per heavy atom. The first-order valence-electron chi connectivity index (χ1n) is 21.6. The Kier molecular flexibility index (Phi) is 119. The molecule has 1 N–H and O–H groups in total. The number of hydrogen-bond donors (Lipinski definition) is 1. The van der Waals surface area contributed by atoms with Gasteiger partial charge in [-0.1, -0.05) is 197 Å². The zero-order valence-electron chi connectivity index (χ0n) is 38.9. The molecule has 4 heteroatoms. The van der Waals surface area contributed by atoms with E-state index in [-0.39, 0.29) is 14.9 Å². The molecule has 0 aliphatic rings. The van der Waals surface area contributed by atoms with Crippen molar-refractivity contribution in [2.75, 3.05) is 44.7 Å².